The van der Waals surface area contributed by atoms with Crippen LogP contribution in [0.3, 0.4) is 0 Å². The fraction of sp³-hybridized carbons (Fsp3) is 0.381. The van der Waals surface area contributed by atoms with Crippen LogP contribution in [0.4, 0.5) is 20.6 Å². The molecule has 0 atom stereocenters. The van der Waals surface area contributed by atoms with Crippen molar-refractivity contribution in [3.05, 3.63) is 48.3 Å². The normalized spacial score (nSPS) is 14.4. The zero-order chi connectivity index (χ0) is 20.6. The number of halogens is 1. The minimum absolute atomic E-state index is 0.218. The molecule has 0 aliphatic carbocycles. The largest absolute Gasteiger partial charge is 0.493 e. The first-order chi connectivity index (χ1) is 14.1. The van der Waals surface area contributed by atoms with E-state index in [-0.39, 0.29) is 11.8 Å². The minimum Gasteiger partial charge on any atom is -0.493 e. The summed E-state index contributed by atoms with van der Waals surface area (Å²) in [6.07, 6.45) is 0. The number of urea groups is 1. The summed E-state index contributed by atoms with van der Waals surface area (Å²) in [5, 5.41) is 5.67. The van der Waals surface area contributed by atoms with Crippen molar-refractivity contribution in [3.8, 4) is 11.5 Å². The summed E-state index contributed by atoms with van der Waals surface area (Å²) in [5.41, 5.74) is 1.67. The average Bonchev–Trinajstić information content (AvgIpc) is 2.74. The SMILES string of the molecule is COc1ccc(NC(=O)NCCN2CCN(c3ccc(F)cc3)CC2)cc1OC. The van der Waals surface area contributed by atoms with E-state index in [4.69, 9.17) is 9.47 Å². The van der Waals surface area contributed by atoms with Crippen LogP contribution < -0.4 is 25.0 Å². The number of hydrogen-bond donors (Lipinski definition) is 2. The number of nitrogens with zero attached hydrogens (tertiary/aromatic N) is 2. The standard InChI is InChI=1S/C21H27FN4O3/c1-28-19-8-5-17(15-20(19)29-2)24-21(27)23-9-10-25-11-13-26(14-12-25)18-6-3-16(22)4-7-18/h3-8,15H,9-14H2,1-2H3,(H2,23,24,27). The van der Waals surface area contributed by atoms with Gasteiger partial charge < -0.3 is 25.0 Å². The van der Waals surface area contributed by atoms with Crippen LogP contribution in [-0.2, 0) is 0 Å². The molecule has 0 bridgehead atoms. The van der Waals surface area contributed by atoms with Gasteiger partial charge in [0.05, 0.1) is 14.2 Å². The topological polar surface area (TPSA) is 66.1 Å². The van der Waals surface area contributed by atoms with Gasteiger partial charge in [-0.15, -0.1) is 0 Å². The van der Waals surface area contributed by atoms with E-state index in [2.05, 4.69) is 20.4 Å². The number of ether oxygens (including phenoxy) is 2. The van der Waals surface area contributed by atoms with E-state index < -0.39 is 0 Å². The second-order valence-electron chi connectivity index (χ2n) is 6.76. The molecule has 1 aliphatic heterocycles. The van der Waals surface area contributed by atoms with Crippen LogP contribution >= 0.6 is 0 Å². The van der Waals surface area contributed by atoms with Crippen molar-refractivity contribution in [3.63, 3.8) is 0 Å². The molecule has 0 spiro atoms. The summed E-state index contributed by atoms with van der Waals surface area (Å²) in [5.74, 6) is 0.951. The van der Waals surface area contributed by atoms with Crippen molar-refractivity contribution in [1.82, 2.24) is 10.2 Å². The van der Waals surface area contributed by atoms with Gasteiger partial charge in [0.25, 0.3) is 0 Å². The van der Waals surface area contributed by atoms with Gasteiger partial charge in [-0.05, 0) is 36.4 Å². The van der Waals surface area contributed by atoms with Crippen LogP contribution in [0.5, 0.6) is 11.5 Å². The second kappa shape index (κ2) is 9.97. The third-order valence-corrected chi connectivity index (χ3v) is 4.92. The Bertz CT molecular complexity index is 808. The van der Waals surface area contributed by atoms with Crippen molar-refractivity contribution in [2.45, 2.75) is 0 Å². The Morgan fingerprint density at radius 3 is 2.34 bits per heavy atom. The van der Waals surface area contributed by atoms with Crippen molar-refractivity contribution in [2.75, 3.05) is 63.7 Å². The van der Waals surface area contributed by atoms with E-state index in [1.54, 1.807) is 32.4 Å². The third-order valence-electron chi connectivity index (χ3n) is 4.92. The molecule has 2 aromatic carbocycles. The first-order valence-corrected chi connectivity index (χ1v) is 9.59. The van der Waals surface area contributed by atoms with Gasteiger partial charge >= 0.3 is 6.03 Å². The van der Waals surface area contributed by atoms with E-state index in [9.17, 15) is 9.18 Å². The Kier molecular flexibility index (Phi) is 7.13. The summed E-state index contributed by atoms with van der Waals surface area (Å²) >= 11 is 0. The molecule has 8 heteroatoms. The predicted octanol–water partition coefficient (Wildman–Crippen LogP) is 2.79. The molecule has 1 saturated heterocycles. The smallest absolute Gasteiger partial charge is 0.319 e. The number of hydrogen-bond acceptors (Lipinski definition) is 5. The zero-order valence-corrected chi connectivity index (χ0v) is 16.8. The number of rotatable bonds is 7. The molecule has 156 valence electrons. The number of benzene rings is 2. The molecule has 1 heterocycles. The van der Waals surface area contributed by atoms with Crippen molar-refractivity contribution < 1.29 is 18.7 Å². The van der Waals surface area contributed by atoms with Gasteiger partial charge in [0, 0.05) is 56.7 Å². The Hall–Kier alpha value is -3.00. The predicted molar refractivity (Wildman–Crippen MR) is 112 cm³/mol. The highest BCUT2D eigenvalue weighted by Crippen LogP contribution is 2.29. The lowest BCUT2D eigenvalue weighted by Gasteiger charge is -2.36. The van der Waals surface area contributed by atoms with Gasteiger partial charge in [-0.25, -0.2) is 9.18 Å². The van der Waals surface area contributed by atoms with Crippen molar-refractivity contribution in [2.24, 2.45) is 0 Å². The quantitative estimate of drug-likeness (QED) is 0.746. The first kappa shape index (κ1) is 20.7. The summed E-state index contributed by atoms with van der Waals surface area (Å²) in [4.78, 5) is 16.7. The molecule has 2 aromatic rings. The first-order valence-electron chi connectivity index (χ1n) is 9.59. The number of carbonyl (C=O) groups is 1. The highest BCUT2D eigenvalue weighted by Gasteiger charge is 2.17. The Labute approximate surface area is 170 Å². The fourth-order valence-electron chi connectivity index (χ4n) is 3.30. The molecule has 7 nitrogen and oxygen atoms in total. The molecule has 0 unspecified atom stereocenters. The number of carbonyl (C=O) groups excluding carboxylic acids is 1. The molecule has 0 aromatic heterocycles. The van der Waals surface area contributed by atoms with E-state index in [1.165, 1.54) is 12.1 Å². The van der Waals surface area contributed by atoms with E-state index >= 15 is 0 Å². The molecule has 3 rings (SSSR count). The maximum atomic E-state index is 13.1. The van der Waals surface area contributed by atoms with Crippen LogP contribution in [0.15, 0.2) is 42.5 Å². The van der Waals surface area contributed by atoms with Crippen LogP contribution in [0.2, 0.25) is 0 Å². The minimum atomic E-state index is -0.262. The molecule has 1 fully saturated rings. The van der Waals surface area contributed by atoms with Crippen LogP contribution in [-0.4, -0.2) is 64.4 Å². The molecular formula is C21H27FN4O3. The molecule has 2 amide bonds. The molecule has 1 aliphatic rings. The Morgan fingerprint density at radius 1 is 1.00 bits per heavy atom. The lowest BCUT2D eigenvalue weighted by atomic mass is 10.2. The fourth-order valence-corrected chi connectivity index (χ4v) is 3.30. The molecule has 0 saturated carbocycles. The van der Waals surface area contributed by atoms with Gasteiger partial charge in [-0.2, -0.15) is 0 Å². The van der Waals surface area contributed by atoms with Gasteiger partial charge in [-0.3, -0.25) is 4.90 Å². The number of piperazine rings is 1. The number of methoxy groups -OCH3 is 2. The maximum absolute atomic E-state index is 13.1. The van der Waals surface area contributed by atoms with Crippen LogP contribution in [0, 0.1) is 5.82 Å². The molecule has 0 radical (unpaired) electrons. The van der Waals surface area contributed by atoms with Gasteiger partial charge in [0.15, 0.2) is 11.5 Å². The number of amides is 2. The van der Waals surface area contributed by atoms with Gasteiger partial charge in [-0.1, -0.05) is 0 Å². The Balaban J connectivity index is 1.38. The average molecular weight is 402 g/mol. The summed E-state index contributed by atoms with van der Waals surface area (Å²) in [6, 6.07) is 11.6. The van der Waals surface area contributed by atoms with E-state index in [1.807, 2.05) is 12.1 Å². The van der Waals surface area contributed by atoms with Crippen LogP contribution in [0.1, 0.15) is 0 Å². The summed E-state index contributed by atoms with van der Waals surface area (Å²) < 4.78 is 23.5. The molecule has 29 heavy (non-hydrogen) atoms. The van der Waals surface area contributed by atoms with Gasteiger partial charge in [0.2, 0.25) is 0 Å². The molecule has 2 N–H and O–H groups in total. The Morgan fingerprint density at radius 2 is 1.69 bits per heavy atom. The molecular weight excluding hydrogens is 375 g/mol. The summed E-state index contributed by atoms with van der Waals surface area (Å²) in [6.45, 7) is 4.88. The highest BCUT2D eigenvalue weighted by molar-refractivity contribution is 5.89. The maximum Gasteiger partial charge on any atom is 0.319 e. The second-order valence-corrected chi connectivity index (χ2v) is 6.76. The van der Waals surface area contributed by atoms with Gasteiger partial charge in [0.1, 0.15) is 5.82 Å². The van der Waals surface area contributed by atoms with Crippen molar-refractivity contribution >= 4 is 17.4 Å². The lowest BCUT2D eigenvalue weighted by molar-refractivity contribution is 0.240. The zero-order valence-electron chi connectivity index (χ0n) is 16.8. The van der Waals surface area contributed by atoms with E-state index in [0.717, 1.165) is 38.4 Å². The number of nitrogens with one attached hydrogen (secondary N) is 2. The monoisotopic (exact) mass is 402 g/mol. The van der Waals surface area contributed by atoms with Crippen LogP contribution in [0.25, 0.3) is 0 Å². The van der Waals surface area contributed by atoms with E-state index in [0.29, 0.717) is 23.7 Å². The summed E-state index contributed by atoms with van der Waals surface area (Å²) in [7, 11) is 3.12. The van der Waals surface area contributed by atoms with Crippen molar-refractivity contribution in [1.29, 1.82) is 0 Å². The lowest BCUT2D eigenvalue weighted by Crippen LogP contribution is -2.48. The highest BCUT2D eigenvalue weighted by atomic mass is 19.1. The third kappa shape index (κ3) is 5.74. The number of anilines is 2.